The molecule has 2 N–H and O–H groups in total. The highest BCUT2D eigenvalue weighted by Gasteiger charge is 2.51. The van der Waals surface area contributed by atoms with Crippen molar-refractivity contribution in [2.75, 3.05) is 12.8 Å². The zero-order chi connectivity index (χ0) is 15.2. The van der Waals surface area contributed by atoms with Crippen LogP contribution in [0.4, 0.5) is 10.1 Å². The summed E-state index contributed by atoms with van der Waals surface area (Å²) in [6, 6.07) is 4.72. The number of hydrogen-bond acceptors (Lipinski definition) is 5. The third-order valence-corrected chi connectivity index (χ3v) is 4.46. The maximum atomic E-state index is 13.6. The molecule has 7 heteroatoms. The van der Waals surface area contributed by atoms with Crippen molar-refractivity contribution in [1.82, 2.24) is 20.2 Å². The van der Waals surface area contributed by atoms with Crippen LogP contribution in [0, 0.1) is 11.2 Å². The second-order valence-electron chi connectivity index (χ2n) is 5.98. The Hall–Kier alpha value is -2.02. The summed E-state index contributed by atoms with van der Waals surface area (Å²) in [4.78, 5) is 0. The molecule has 0 saturated heterocycles. The number of aromatic nitrogens is 4. The van der Waals surface area contributed by atoms with Crippen molar-refractivity contribution < 1.29 is 9.13 Å². The minimum absolute atomic E-state index is 0.0781. The first-order valence-electron chi connectivity index (χ1n) is 6.81. The molecule has 2 unspecified atom stereocenters. The summed E-state index contributed by atoms with van der Waals surface area (Å²) in [5.74, 6) is 0.0752. The van der Waals surface area contributed by atoms with Gasteiger partial charge in [0.15, 0.2) is 5.82 Å². The lowest BCUT2D eigenvalue weighted by molar-refractivity contribution is -0.116. The first-order chi connectivity index (χ1) is 9.95. The molecule has 0 radical (unpaired) electrons. The molecule has 21 heavy (non-hydrogen) atoms. The fourth-order valence-corrected chi connectivity index (χ4v) is 2.94. The van der Waals surface area contributed by atoms with Gasteiger partial charge in [-0.15, -0.1) is 5.10 Å². The van der Waals surface area contributed by atoms with Crippen LogP contribution in [-0.2, 0) is 4.74 Å². The van der Waals surface area contributed by atoms with Crippen molar-refractivity contribution in [3.05, 3.63) is 24.0 Å². The number of hydrogen-bond donors (Lipinski definition) is 1. The molecule has 1 saturated carbocycles. The number of nitrogens with zero attached hydrogens (tertiary/aromatic N) is 4. The number of ether oxygens (including phenoxy) is 1. The minimum Gasteiger partial charge on any atom is -0.396 e. The van der Waals surface area contributed by atoms with Crippen LogP contribution in [0.3, 0.4) is 0 Å². The van der Waals surface area contributed by atoms with E-state index < -0.39 is 5.82 Å². The number of tetrazole rings is 1. The van der Waals surface area contributed by atoms with Gasteiger partial charge >= 0.3 is 0 Å². The largest absolute Gasteiger partial charge is 0.396 e. The van der Waals surface area contributed by atoms with Crippen molar-refractivity contribution in [3.63, 3.8) is 0 Å². The average Bonchev–Trinajstić information content (AvgIpc) is 2.90. The number of nitrogen functional groups attached to an aromatic ring is 1. The number of benzene rings is 1. The molecule has 1 aliphatic carbocycles. The highest BCUT2D eigenvalue weighted by molar-refractivity contribution is 5.59. The van der Waals surface area contributed by atoms with Crippen LogP contribution in [0.2, 0.25) is 0 Å². The van der Waals surface area contributed by atoms with Gasteiger partial charge in [-0.3, -0.25) is 0 Å². The van der Waals surface area contributed by atoms with Crippen LogP contribution in [0.1, 0.15) is 26.3 Å². The van der Waals surface area contributed by atoms with Crippen LogP contribution >= 0.6 is 0 Å². The summed E-state index contributed by atoms with van der Waals surface area (Å²) < 4.78 is 20.8. The summed E-state index contributed by atoms with van der Waals surface area (Å²) in [6.45, 7) is 4.23. The lowest BCUT2D eigenvalue weighted by atomic mass is 9.64. The lowest BCUT2D eigenvalue weighted by Gasteiger charge is -2.50. The highest BCUT2D eigenvalue weighted by Crippen LogP contribution is 2.51. The summed E-state index contributed by atoms with van der Waals surface area (Å²) in [7, 11) is 1.71. The van der Waals surface area contributed by atoms with E-state index in [-0.39, 0.29) is 23.2 Å². The van der Waals surface area contributed by atoms with Crippen molar-refractivity contribution >= 4 is 5.69 Å². The summed E-state index contributed by atoms with van der Waals surface area (Å²) in [6.07, 6.45) is 1.00. The normalized spacial score (nSPS) is 23.8. The van der Waals surface area contributed by atoms with Gasteiger partial charge in [0.1, 0.15) is 5.82 Å². The van der Waals surface area contributed by atoms with Gasteiger partial charge in [-0.05, 0) is 35.0 Å². The second-order valence-corrected chi connectivity index (χ2v) is 5.98. The van der Waals surface area contributed by atoms with Crippen LogP contribution in [0.15, 0.2) is 18.2 Å². The Bertz CT molecular complexity index is 669. The Morgan fingerprint density at radius 1 is 1.43 bits per heavy atom. The minimum atomic E-state index is -0.468. The Morgan fingerprint density at radius 2 is 2.19 bits per heavy atom. The molecule has 0 aliphatic heterocycles. The van der Waals surface area contributed by atoms with E-state index in [0.29, 0.717) is 11.4 Å². The molecule has 0 bridgehead atoms. The molecule has 2 atom stereocenters. The molecule has 1 aliphatic rings. The van der Waals surface area contributed by atoms with Crippen molar-refractivity contribution in [2.24, 2.45) is 5.41 Å². The van der Waals surface area contributed by atoms with Crippen LogP contribution in [-0.4, -0.2) is 33.4 Å². The molecule has 112 valence electrons. The highest BCUT2D eigenvalue weighted by atomic mass is 19.1. The van der Waals surface area contributed by atoms with Gasteiger partial charge in [0.2, 0.25) is 0 Å². The van der Waals surface area contributed by atoms with Gasteiger partial charge < -0.3 is 10.5 Å². The zero-order valence-electron chi connectivity index (χ0n) is 12.2. The van der Waals surface area contributed by atoms with Crippen LogP contribution in [0.5, 0.6) is 0 Å². The Balaban J connectivity index is 1.97. The number of nitrogens with two attached hydrogens (primary N) is 1. The van der Waals surface area contributed by atoms with E-state index >= 15 is 0 Å². The second kappa shape index (κ2) is 4.77. The third kappa shape index (κ3) is 2.08. The molecule has 6 nitrogen and oxygen atoms in total. The standard InChI is InChI=1S/C14H18FN5O/c1-14(2)11(7-12(14)21-3)20-13(17-18-19-20)8-4-5-10(16)9(15)6-8/h4-6,11-12H,7,16H2,1-3H3. The van der Waals surface area contributed by atoms with Gasteiger partial charge in [-0.25, -0.2) is 9.07 Å². The number of halogens is 1. The van der Waals surface area contributed by atoms with Gasteiger partial charge in [0.25, 0.3) is 0 Å². The molecule has 1 aromatic heterocycles. The van der Waals surface area contributed by atoms with E-state index in [9.17, 15) is 4.39 Å². The topological polar surface area (TPSA) is 78.8 Å². The molecular weight excluding hydrogens is 273 g/mol. The average molecular weight is 291 g/mol. The molecule has 3 rings (SSSR count). The predicted molar refractivity (Wildman–Crippen MR) is 75.9 cm³/mol. The van der Waals surface area contributed by atoms with Crippen molar-refractivity contribution in [2.45, 2.75) is 32.4 Å². The first kappa shape index (κ1) is 13.9. The molecular formula is C14H18FN5O. The van der Waals surface area contributed by atoms with Gasteiger partial charge in [0, 0.05) is 18.1 Å². The first-order valence-corrected chi connectivity index (χ1v) is 6.81. The van der Waals surface area contributed by atoms with Gasteiger partial charge in [-0.2, -0.15) is 0 Å². The number of anilines is 1. The molecule has 1 heterocycles. The summed E-state index contributed by atoms with van der Waals surface area (Å²) >= 11 is 0. The number of rotatable bonds is 3. The smallest absolute Gasteiger partial charge is 0.182 e. The summed E-state index contributed by atoms with van der Waals surface area (Å²) in [5.41, 5.74) is 6.15. The predicted octanol–water partition coefficient (Wildman–Crippen LogP) is 2.05. The van der Waals surface area contributed by atoms with Crippen molar-refractivity contribution in [3.8, 4) is 11.4 Å². The van der Waals surface area contributed by atoms with E-state index in [1.807, 2.05) is 0 Å². The lowest BCUT2D eigenvalue weighted by Crippen LogP contribution is -2.51. The van der Waals surface area contributed by atoms with E-state index in [2.05, 4.69) is 29.4 Å². The molecule has 2 aromatic rings. The summed E-state index contributed by atoms with van der Waals surface area (Å²) in [5, 5.41) is 11.8. The van der Waals surface area contributed by atoms with Gasteiger partial charge in [-0.1, -0.05) is 13.8 Å². The quantitative estimate of drug-likeness (QED) is 0.876. The van der Waals surface area contributed by atoms with Crippen LogP contribution in [0.25, 0.3) is 11.4 Å². The SMILES string of the molecule is COC1CC(n2nnnc2-c2ccc(N)c(F)c2)C1(C)C. The molecule has 1 aromatic carbocycles. The fraction of sp³-hybridized carbons (Fsp3) is 0.500. The maximum Gasteiger partial charge on any atom is 0.182 e. The maximum absolute atomic E-state index is 13.6. The van der Waals surface area contributed by atoms with E-state index in [1.54, 1.807) is 17.9 Å². The molecule has 1 fully saturated rings. The molecule has 0 amide bonds. The van der Waals surface area contributed by atoms with E-state index in [0.717, 1.165) is 6.42 Å². The van der Waals surface area contributed by atoms with Crippen molar-refractivity contribution in [1.29, 1.82) is 0 Å². The number of methoxy groups -OCH3 is 1. The monoisotopic (exact) mass is 291 g/mol. The Kier molecular flexibility index (Phi) is 3.16. The van der Waals surface area contributed by atoms with Gasteiger partial charge in [0.05, 0.1) is 17.8 Å². The Morgan fingerprint density at radius 3 is 2.81 bits per heavy atom. The van der Waals surface area contributed by atoms with Crippen LogP contribution < -0.4 is 5.73 Å². The third-order valence-electron chi connectivity index (χ3n) is 4.46. The zero-order valence-corrected chi connectivity index (χ0v) is 12.2. The molecule has 0 spiro atoms. The Labute approximate surface area is 122 Å². The van der Waals surface area contributed by atoms with E-state index in [4.69, 9.17) is 10.5 Å². The fourth-order valence-electron chi connectivity index (χ4n) is 2.94. The van der Waals surface area contributed by atoms with E-state index in [1.165, 1.54) is 12.1 Å².